The summed E-state index contributed by atoms with van der Waals surface area (Å²) in [5, 5.41) is 7.24. The molecule has 2 aromatic carbocycles. The van der Waals surface area contributed by atoms with Crippen molar-refractivity contribution in [3.63, 3.8) is 0 Å². The van der Waals surface area contributed by atoms with Gasteiger partial charge in [-0.2, -0.15) is 0 Å². The Morgan fingerprint density at radius 2 is 1.70 bits per heavy atom. The molecule has 37 heavy (non-hydrogen) atoms. The maximum atomic E-state index is 6.71. The monoisotopic (exact) mass is 513 g/mol. The number of fused-ring (bicyclic) bond motifs is 3. The molecule has 0 aliphatic carbocycles. The van der Waals surface area contributed by atoms with Gasteiger partial charge in [-0.1, -0.05) is 41.9 Å². The molecule has 7 heteroatoms. The lowest BCUT2D eigenvalue weighted by molar-refractivity contribution is 0.112. The van der Waals surface area contributed by atoms with Crippen LogP contribution in [-0.2, 0) is 0 Å². The number of nitrogens with zero attached hydrogens (tertiary/aromatic N) is 4. The number of aromatic nitrogens is 2. The van der Waals surface area contributed by atoms with Gasteiger partial charge in [-0.3, -0.25) is 4.90 Å². The van der Waals surface area contributed by atoms with Gasteiger partial charge >= 0.3 is 0 Å². The highest BCUT2D eigenvalue weighted by molar-refractivity contribution is 6.36. The van der Waals surface area contributed by atoms with Crippen molar-refractivity contribution in [2.45, 2.75) is 31.2 Å². The molecule has 4 aromatic rings. The number of nitrogens with one attached hydrogen (secondary N) is 1. The van der Waals surface area contributed by atoms with Crippen LogP contribution in [0, 0.1) is 0 Å². The van der Waals surface area contributed by atoms with E-state index in [1.54, 1.807) is 0 Å². The number of rotatable bonds is 5. The SMILES string of the molecule is Clc1cccc2cccc(-c3cc4nc(N5CCNCC5)ccc4c(OCC45CCCN4CCC5)n3)c12. The van der Waals surface area contributed by atoms with Gasteiger partial charge in [-0.15, -0.1) is 0 Å². The van der Waals surface area contributed by atoms with Gasteiger partial charge in [0.15, 0.2) is 0 Å². The first-order valence-corrected chi connectivity index (χ1v) is 13.9. The molecule has 0 amide bonds. The molecule has 6 nitrogen and oxygen atoms in total. The first-order valence-electron chi connectivity index (χ1n) is 13.5. The molecular formula is C30H32ClN5O. The number of hydrogen-bond acceptors (Lipinski definition) is 6. The Morgan fingerprint density at radius 1 is 0.919 bits per heavy atom. The number of hydrogen-bond donors (Lipinski definition) is 1. The summed E-state index contributed by atoms with van der Waals surface area (Å²) in [5.74, 6) is 1.67. The third-order valence-electron chi connectivity index (χ3n) is 8.50. The van der Waals surface area contributed by atoms with Crippen LogP contribution in [0.5, 0.6) is 5.88 Å². The number of ether oxygens (including phenoxy) is 1. The van der Waals surface area contributed by atoms with Gasteiger partial charge < -0.3 is 15.0 Å². The zero-order valence-electron chi connectivity index (χ0n) is 21.0. The van der Waals surface area contributed by atoms with Crippen molar-refractivity contribution in [2.75, 3.05) is 50.8 Å². The smallest absolute Gasteiger partial charge is 0.223 e. The van der Waals surface area contributed by atoms with Crippen molar-refractivity contribution < 1.29 is 4.74 Å². The maximum Gasteiger partial charge on any atom is 0.223 e. The van der Waals surface area contributed by atoms with Crippen molar-refractivity contribution in [1.82, 2.24) is 20.2 Å². The predicted molar refractivity (Wildman–Crippen MR) is 151 cm³/mol. The molecular weight excluding hydrogens is 482 g/mol. The lowest BCUT2D eigenvalue weighted by Gasteiger charge is -2.31. The highest BCUT2D eigenvalue weighted by Crippen LogP contribution is 2.41. The first-order chi connectivity index (χ1) is 18.2. The standard InChI is InChI=1S/C30H32ClN5O/c31-24-8-2-6-21-5-1-7-22(28(21)24)25-19-26-23(9-10-27(33-26)35-17-13-32-14-18-35)29(34-25)37-20-30-11-3-15-36(30)16-4-12-30/h1-2,5-10,19,32H,3-4,11-18,20H2. The molecule has 0 radical (unpaired) electrons. The number of anilines is 1. The highest BCUT2D eigenvalue weighted by atomic mass is 35.5. The van der Waals surface area contributed by atoms with E-state index in [-0.39, 0.29) is 5.54 Å². The molecule has 7 rings (SSSR count). The summed E-state index contributed by atoms with van der Waals surface area (Å²) >= 11 is 6.71. The van der Waals surface area contributed by atoms with Crippen LogP contribution in [0.4, 0.5) is 5.82 Å². The summed E-state index contributed by atoms with van der Waals surface area (Å²) in [6.45, 7) is 6.90. The predicted octanol–water partition coefficient (Wildman–Crippen LogP) is 5.52. The molecule has 1 N–H and O–H groups in total. The van der Waals surface area contributed by atoms with Crippen LogP contribution in [0.25, 0.3) is 32.9 Å². The lowest BCUT2D eigenvalue weighted by Crippen LogP contribution is -2.43. The Kier molecular flexibility index (Phi) is 5.91. The van der Waals surface area contributed by atoms with Crippen molar-refractivity contribution in [1.29, 1.82) is 0 Å². The van der Waals surface area contributed by atoms with E-state index in [0.717, 1.165) is 70.0 Å². The van der Waals surface area contributed by atoms with Crippen LogP contribution in [-0.4, -0.2) is 66.3 Å². The molecule has 3 aliphatic heterocycles. The minimum Gasteiger partial charge on any atom is -0.475 e. The summed E-state index contributed by atoms with van der Waals surface area (Å²) < 4.78 is 6.65. The number of pyridine rings is 2. The summed E-state index contributed by atoms with van der Waals surface area (Å²) in [6.07, 6.45) is 4.91. The van der Waals surface area contributed by atoms with Crippen molar-refractivity contribution in [3.8, 4) is 17.1 Å². The molecule has 0 atom stereocenters. The van der Waals surface area contributed by atoms with Crippen LogP contribution in [0.2, 0.25) is 5.02 Å². The second kappa shape index (κ2) is 9.43. The third-order valence-corrected chi connectivity index (χ3v) is 8.81. The summed E-state index contributed by atoms with van der Waals surface area (Å²) in [7, 11) is 0. The summed E-state index contributed by atoms with van der Waals surface area (Å²) in [4.78, 5) is 15.2. The fraction of sp³-hybridized carbons (Fsp3) is 0.400. The van der Waals surface area contributed by atoms with Crippen molar-refractivity contribution >= 4 is 39.1 Å². The van der Waals surface area contributed by atoms with E-state index in [1.165, 1.54) is 38.8 Å². The van der Waals surface area contributed by atoms with Crippen molar-refractivity contribution in [3.05, 3.63) is 59.6 Å². The second-order valence-electron chi connectivity index (χ2n) is 10.6. The van der Waals surface area contributed by atoms with Crippen LogP contribution >= 0.6 is 11.6 Å². The molecule has 3 fully saturated rings. The zero-order chi connectivity index (χ0) is 24.8. The van der Waals surface area contributed by atoms with Crippen LogP contribution in [0.3, 0.4) is 0 Å². The molecule has 0 bridgehead atoms. The Balaban J connectivity index is 1.35. The lowest BCUT2D eigenvalue weighted by atomic mass is 9.95. The fourth-order valence-corrected chi connectivity index (χ4v) is 6.86. The molecule has 2 aromatic heterocycles. The molecule has 3 aliphatic rings. The highest BCUT2D eigenvalue weighted by Gasteiger charge is 2.45. The Morgan fingerprint density at radius 3 is 2.51 bits per heavy atom. The normalized spacial score (nSPS) is 19.5. The van der Waals surface area contributed by atoms with Gasteiger partial charge in [0, 0.05) is 42.2 Å². The van der Waals surface area contributed by atoms with E-state index in [4.69, 9.17) is 26.3 Å². The molecule has 0 unspecified atom stereocenters. The Hall–Kier alpha value is -2.93. The first kappa shape index (κ1) is 23.2. The average molecular weight is 514 g/mol. The average Bonchev–Trinajstić information content (AvgIpc) is 3.52. The molecule has 5 heterocycles. The third kappa shape index (κ3) is 4.12. The van der Waals surface area contributed by atoms with Gasteiger partial charge in [0.2, 0.25) is 5.88 Å². The van der Waals surface area contributed by atoms with Crippen molar-refractivity contribution in [2.24, 2.45) is 0 Å². The van der Waals surface area contributed by atoms with E-state index in [2.05, 4.69) is 57.6 Å². The number of piperazine rings is 1. The van der Waals surface area contributed by atoms with Gasteiger partial charge in [0.1, 0.15) is 12.4 Å². The maximum absolute atomic E-state index is 6.71. The van der Waals surface area contributed by atoms with E-state index >= 15 is 0 Å². The quantitative estimate of drug-likeness (QED) is 0.379. The fourth-order valence-electron chi connectivity index (χ4n) is 6.58. The summed E-state index contributed by atoms with van der Waals surface area (Å²) in [6, 6.07) is 18.6. The van der Waals surface area contributed by atoms with Crippen LogP contribution in [0.15, 0.2) is 54.6 Å². The Labute approximate surface area is 222 Å². The van der Waals surface area contributed by atoms with E-state index < -0.39 is 0 Å². The largest absolute Gasteiger partial charge is 0.475 e. The molecule has 190 valence electrons. The van der Waals surface area contributed by atoms with Gasteiger partial charge in [-0.05, 0) is 68.4 Å². The van der Waals surface area contributed by atoms with Gasteiger partial charge in [-0.25, -0.2) is 9.97 Å². The molecule has 3 saturated heterocycles. The number of benzene rings is 2. The van der Waals surface area contributed by atoms with Gasteiger partial charge in [0.25, 0.3) is 0 Å². The van der Waals surface area contributed by atoms with E-state index in [9.17, 15) is 0 Å². The molecule has 0 spiro atoms. The van der Waals surface area contributed by atoms with E-state index in [1.807, 2.05) is 12.1 Å². The van der Waals surface area contributed by atoms with Crippen LogP contribution < -0.4 is 15.0 Å². The Bertz CT molecular complexity index is 1450. The molecule has 0 saturated carbocycles. The minimum absolute atomic E-state index is 0.154. The van der Waals surface area contributed by atoms with E-state index in [0.29, 0.717) is 12.5 Å². The topological polar surface area (TPSA) is 53.5 Å². The zero-order valence-corrected chi connectivity index (χ0v) is 21.8. The number of halogens is 1. The van der Waals surface area contributed by atoms with Gasteiger partial charge in [0.05, 0.1) is 22.1 Å². The minimum atomic E-state index is 0.154. The summed E-state index contributed by atoms with van der Waals surface area (Å²) in [5.41, 5.74) is 2.91. The van der Waals surface area contributed by atoms with Crippen LogP contribution in [0.1, 0.15) is 25.7 Å². The second-order valence-corrected chi connectivity index (χ2v) is 11.0.